The molecule has 3 rings (SSSR count). The van der Waals surface area contributed by atoms with Gasteiger partial charge in [-0.1, -0.05) is 0 Å². The third-order valence-electron chi connectivity index (χ3n) is 3.48. The van der Waals surface area contributed by atoms with E-state index in [0.29, 0.717) is 24.4 Å². The van der Waals surface area contributed by atoms with Gasteiger partial charge in [0.1, 0.15) is 18.1 Å². The van der Waals surface area contributed by atoms with Crippen molar-refractivity contribution < 1.29 is 14.3 Å². The first-order chi connectivity index (χ1) is 10.1. The number of carbonyl (C=O) groups is 2. The van der Waals surface area contributed by atoms with Gasteiger partial charge in [0.2, 0.25) is 5.91 Å². The number of nitrogens with zero attached hydrogens (tertiary/aromatic N) is 2. The molecular formula is C14H16N4O3. The lowest BCUT2D eigenvalue weighted by Crippen LogP contribution is -2.33. The summed E-state index contributed by atoms with van der Waals surface area (Å²) >= 11 is 0. The second-order valence-corrected chi connectivity index (χ2v) is 5.00. The number of hydrogen-bond acceptors (Lipinski definition) is 5. The first kappa shape index (κ1) is 13.4. The Morgan fingerprint density at radius 2 is 2.29 bits per heavy atom. The van der Waals surface area contributed by atoms with E-state index in [1.165, 1.54) is 0 Å². The van der Waals surface area contributed by atoms with E-state index in [4.69, 9.17) is 4.74 Å². The predicted octanol–water partition coefficient (Wildman–Crippen LogP) is 0.720. The number of amides is 2. The Morgan fingerprint density at radius 1 is 1.43 bits per heavy atom. The van der Waals surface area contributed by atoms with Crippen LogP contribution in [0.5, 0.6) is 5.75 Å². The zero-order valence-corrected chi connectivity index (χ0v) is 11.7. The molecule has 0 aromatic heterocycles. The van der Waals surface area contributed by atoms with Crippen LogP contribution in [0.25, 0.3) is 0 Å². The van der Waals surface area contributed by atoms with Crippen LogP contribution < -0.4 is 20.4 Å². The minimum Gasteiger partial charge on any atom is -0.489 e. The van der Waals surface area contributed by atoms with E-state index in [-0.39, 0.29) is 18.2 Å². The fraction of sp³-hybridized carbons (Fsp3) is 0.357. The monoisotopic (exact) mass is 288 g/mol. The van der Waals surface area contributed by atoms with Crippen molar-refractivity contribution in [1.82, 2.24) is 5.43 Å². The maximum absolute atomic E-state index is 12.1. The normalized spacial score (nSPS) is 17.3. The lowest BCUT2D eigenvalue weighted by atomic mass is 10.1. The Hall–Kier alpha value is -2.57. The number of hydrazone groups is 1. The Balaban J connectivity index is 1.73. The minimum atomic E-state index is -0.306. The Labute approximate surface area is 122 Å². The molecule has 0 saturated heterocycles. The van der Waals surface area contributed by atoms with Gasteiger partial charge in [0, 0.05) is 31.6 Å². The van der Waals surface area contributed by atoms with Crippen molar-refractivity contribution in [2.24, 2.45) is 5.10 Å². The van der Waals surface area contributed by atoms with Crippen molar-refractivity contribution in [3.05, 3.63) is 18.2 Å². The number of benzene rings is 1. The summed E-state index contributed by atoms with van der Waals surface area (Å²) in [6.45, 7) is 1.47. The zero-order valence-electron chi connectivity index (χ0n) is 11.7. The van der Waals surface area contributed by atoms with Crippen molar-refractivity contribution in [2.45, 2.75) is 12.8 Å². The molecule has 110 valence electrons. The largest absolute Gasteiger partial charge is 0.489 e. The second kappa shape index (κ2) is 5.43. The summed E-state index contributed by atoms with van der Waals surface area (Å²) in [5.41, 5.74) is 4.28. The molecule has 2 N–H and O–H groups in total. The lowest BCUT2D eigenvalue weighted by Gasteiger charge is -2.28. The number of likely N-dealkylation sites (N-methyl/N-ethyl adjacent to an activating group) is 1. The SMILES string of the molecule is CN1CCOc2cc(NC(=O)C3=NNC(=O)CC3)ccc21. The maximum atomic E-state index is 12.1. The number of ether oxygens (including phenoxy) is 1. The highest BCUT2D eigenvalue weighted by Gasteiger charge is 2.20. The van der Waals surface area contributed by atoms with Gasteiger partial charge < -0.3 is 15.0 Å². The minimum absolute atomic E-state index is 0.170. The van der Waals surface area contributed by atoms with Crippen LogP contribution >= 0.6 is 0 Å². The molecule has 21 heavy (non-hydrogen) atoms. The highest BCUT2D eigenvalue weighted by atomic mass is 16.5. The Morgan fingerprint density at radius 3 is 3.05 bits per heavy atom. The van der Waals surface area contributed by atoms with Gasteiger partial charge in [-0.2, -0.15) is 5.10 Å². The fourth-order valence-corrected chi connectivity index (χ4v) is 2.28. The molecule has 2 aliphatic rings. The first-order valence-electron chi connectivity index (χ1n) is 6.78. The van der Waals surface area contributed by atoms with Crippen molar-refractivity contribution in [3.8, 4) is 5.75 Å². The molecule has 0 aliphatic carbocycles. The van der Waals surface area contributed by atoms with Gasteiger partial charge >= 0.3 is 0 Å². The quantitative estimate of drug-likeness (QED) is 0.840. The van der Waals surface area contributed by atoms with E-state index < -0.39 is 0 Å². The maximum Gasteiger partial charge on any atom is 0.271 e. The van der Waals surface area contributed by atoms with Crippen molar-refractivity contribution in [2.75, 3.05) is 30.4 Å². The van der Waals surface area contributed by atoms with Crippen LogP contribution in [0.3, 0.4) is 0 Å². The van der Waals surface area contributed by atoms with Crippen LogP contribution in [0.15, 0.2) is 23.3 Å². The molecule has 1 aromatic rings. The van der Waals surface area contributed by atoms with Gasteiger partial charge in [0.25, 0.3) is 5.91 Å². The molecule has 7 heteroatoms. The second-order valence-electron chi connectivity index (χ2n) is 5.00. The molecule has 0 saturated carbocycles. The van der Waals surface area contributed by atoms with Crippen molar-refractivity contribution in [1.29, 1.82) is 0 Å². The molecule has 7 nitrogen and oxygen atoms in total. The van der Waals surface area contributed by atoms with E-state index in [1.807, 2.05) is 19.2 Å². The summed E-state index contributed by atoms with van der Waals surface area (Å²) in [5.74, 6) is 0.274. The molecule has 2 amide bonds. The topological polar surface area (TPSA) is 83.0 Å². The van der Waals surface area contributed by atoms with E-state index >= 15 is 0 Å². The average molecular weight is 288 g/mol. The van der Waals surface area contributed by atoms with Gasteiger partial charge in [0.15, 0.2) is 0 Å². The molecule has 0 atom stereocenters. The molecule has 0 unspecified atom stereocenters. The zero-order chi connectivity index (χ0) is 14.8. The van der Waals surface area contributed by atoms with E-state index in [9.17, 15) is 9.59 Å². The number of anilines is 2. The highest BCUT2D eigenvalue weighted by molar-refractivity contribution is 6.43. The van der Waals surface area contributed by atoms with Gasteiger partial charge in [0.05, 0.1) is 12.2 Å². The molecule has 1 aromatic carbocycles. The van der Waals surface area contributed by atoms with E-state index in [2.05, 4.69) is 20.7 Å². The van der Waals surface area contributed by atoms with Crippen LogP contribution in [-0.4, -0.2) is 37.7 Å². The average Bonchev–Trinajstić information content (AvgIpc) is 2.48. The van der Waals surface area contributed by atoms with E-state index in [0.717, 1.165) is 18.0 Å². The Kier molecular flexibility index (Phi) is 3.47. The summed E-state index contributed by atoms with van der Waals surface area (Å²) in [6.07, 6.45) is 0.631. The third-order valence-corrected chi connectivity index (χ3v) is 3.48. The predicted molar refractivity (Wildman–Crippen MR) is 78.6 cm³/mol. The standard InChI is InChI=1S/C14H16N4O3/c1-18-6-7-21-12-8-9(2-4-11(12)18)15-14(20)10-3-5-13(19)17-16-10/h2,4,8H,3,5-7H2,1H3,(H,15,20)(H,17,19). The van der Waals surface area contributed by atoms with Crippen LogP contribution in [-0.2, 0) is 9.59 Å². The van der Waals surface area contributed by atoms with Crippen molar-refractivity contribution in [3.63, 3.8) is 0 Å². The first-order valence-corrected chi connectivity index (χ1v) is 6.78. The fourth-order valence-electron chi connectivity index (χ4n) is 2.28. The third kappa shape index (κ3) is 2.81. The van der Waals surface area contributed by atoms with Crippen LogP contribution in [0.4, 0.5) is 11.4 Å². The number of fused-ring (bicyclic) bond motifs is 1. The summed E-state index contributed by atoms with van der Waals surface area (Å²) in [6, 6.07) is 5.53. The summed E-state index contributed by atoms with van der Waals surface area (Å²) < 4.78 is 5.60. The van der Waals surface area contributed by atoms with Gasteiger partial charge in [-0.05, 0) is 12.1 Å². The van der Waals surface area contributed by atoms with Crippen LogP contribution in [0, 0.1) is 0 Å². The molecule has 0 spiro atoms. The number of rotatable bonds is 2. The summed E-state index contributed by atoms with van der Waals surface area (Å²) in [7, 11) is 2.00. The molecular weight excluding hydrogens is 272 g/mol. The summed E-state index contributed by atoms with van der Waals surface area (Å²) in [5, 5.41) is 6.54. The Bertz CT molecular complexity index is 627. The molecule has 2 heterocycles. The number of nitrogens with one attached hydrogen (secondary N) is 2. The van der Waals surface area contributed by atoms with Crippen LogP contribution in [0.1, 0.15) is 12.8 Å². The number of hydrogen-bond donors (Lipinski definition) is 2. The molecule has 0 bridgehead atoms. The van der Waals surface area contributed by atoms with Crippen LogP contribution in [0.2, 0.25) is 0 Å². The summed E-state index contributed by atoms with van der Waals surface area (Å²) in [4.78, 5) is 25.2. The molecule has 0 fully saturated rings. The highest BCUT2D eigenvalue weighted by Crippen LogP contribution is 2.33. The van der Waals surface area contributed by atoms with Gasteiger partial charge in [-0.3, -0.25) is 9.59 Å². The number of carbonyl (C=O) groups excluding carboxylic acids is 2. The van der Waals surface area contributed by atoms with Crippen molar-refractivity contribution >= 4 is 28.9 Å². The molecule has 0 radical (unpaired) electrons. The lowest BCUT2D eigenvalue weighted by molar-refractivity contribution is -0.121. The smallest absolute Gasteiger partial charge is 0.271 e. The van der Waals surface area contributed by atoms with E-state index in [1.54, 1.807) is 6.07 Å². The molecule has 2 aliphatic heterocycles. The van der Waals surface area contributed by atoms with Gasteiger partial charge in [-0.15, -0.1) is 0 Å². The van der Waals surface area contributed by atoms with Gasteiger partial charge in [-0.25, -0.2) is 5.43 Å².